The van der Waals surface area contributed by atoms with E-state index in [1.807, 2.05) is 0 Å². The maximum atomic E-state index is 11.0. The van der Waals surface area contributed by atoms with Gasteiger partial charge in [-0.3, -0.25) is 4.79 Å². The second-order valence-corrected chi connectivity index (χ2v) is 3.45. The van der Waals surface area contributed by atoms with Crippen molar-refractivity contribution in [2.45, 2.75) is 12.5 Å². The number of hydrogen-bond donors (Lipinski definition) is 2. The van der Waals surface area contributed by atoms with Crippen molar-refractivity contribution >= 4 is 11.9 Å². The zero-order valence-electron chi connectivity index (χ0n) is 10.1. The molecule has 1 aromatic carbocycles. The molecule has 1 amide bonds. The van der Waals surface area contributed by atoms with Gasteiger partial charge in [0.15, 0.2) is 0 Å². The summed E-state index contributed by atoms with van der Waals surface area (Å²) in [5.74, 6) is -1.82. The normalized spacial score (nSPS) is 10.9. The summed E-state index contributed by atoms with van der Waals surface area (Å²) in [6, 6.07) is 4.75. The Bertz CT molecular complexity index is 430. The Kier molecular flexibility index (Phi) is 7.35. The Morgan fingerprint density at radius 2 is 1.94 bits per heavy atom. The van der Waals surface area contributed by atoms with Gasteiger partial charge in [0.2, 0.25) is 5.91 Å². The van der Waals surface area contributed by atoms with Crippen molar-refractivity contribution in [3.8, 4) is 5.75 Å². The summed E-state index contributed by atoms with van der Waals surface area (Å²) >= 11 is 0. The summed E-state index contributed by atoms with van der Waals surface area (Å²) in [4.78, 5) is 21.9. The Hall–Kier alpha value is -1.30. The smallest absolute Gasteiger partial charge is 0.872 e. The molecule has 6 heteroatoms. The minimum absolute atomic E-state index is 0. The summed E-state index contributed by atoms with van der Waals surface area (Å²) < 4.78 is 0. The molecule has 0 unspecified atom stereocenters. The predicted octanol–water partition coefficient (Wildman–Crippen LogP) is -2.94. The molecular formula is C12H12NNaO4. The molecule has 18 heavy (non-hydrogen) atoms. The van der Waals surface area contributed by atoms with E-state index in [2.05, 4.69) is 11.9 Å². The number of carbonyl (C=O) groups excluding carboxylic acids is 1. The number of benzene rings is 1. The largest absolute Gasteiger partial charge is 1.00 e. The van der Waals surface area contributed by atoms with E-state index in [-0.39, 0.29) is 41.7 Å². The van der Waals surface area contributed by atoms with Crippen LogP contribution in [0.1, 0.15) is 5.56 Å². The molecule has 90 valence electrons. The van der Waals surface area contributed by atoms with Crippen molar-refractivity contribution in [2.75, 3.05) is 0 Å². The van der Waals surface area contributed by atoms with Crippen LogP contribution in [0, 0.1) is 0 Å². The van der Waals surface area contributed by atoms with Crippen molar-refractivity contribution < 1.29 is 49.4 Å². The second-order valence-electron chi connectivity index (χ2n) is 3.45. The van der Waals surface area contributed by atoms with Gasteiger partial charge in [-0.15, -0.1) is 5.75 Å². The Morgan fingerprint density at radius 1 is 1.39 bits per heavy atom. The SMILES string of the molecule is C=CC(=O)N[C@@H](Cc1ccc([O-])cc1)C(=O)O.[Na+]. The maximum Gasteiger partial charge on any atom is 1.00 e. The van der Waals surface area contributed by atoms with Crippen molar-refractivity contribution in [2.24, 2.45) is 0 Å². The second kappa shape index (κ2) is 7.92. The van der Waals surface area contributed by atoms with Gasteiger partial charge in [0.1, 0.15) is 6.04 Å². The maximum absolute atomic E-state index is 11.0. The quantitative estimate of drug-likeness (QED) is 0.436. The molecule has 1 rings (SSSR count). The van der Waals surface area contributed by atoms with Gasteiger partial charge in [-0.1, -0.05) is 30.8 Å². The van der Waals surface area contributed by atoms with E-state index >= 15 is 0 Å². The number of aliphatic carboxylic acids is 1. The Morgan fingerprint density at radius 3 is 2.39 bits per heavy atom. The van der Waals surface area contributed by atoms with E-state index in [0.29, 0.717) is 5.56 Å². The predicted molar refractivity (Wildman–Crippen MR) is 59.4 cm³/mol. The molecule has 0 aliphatic carbocycles. The average Bonchev–Trinajstić information content (AvgIpc) is 2.30. The van der Waals surface area contributed by atoms with Crippen LogP contribution in [0.15, 0.2) is 36.9 Å². The van der Waals surface area contributed by atoms with E-state index < -0.39 is 17.9 Å². The molecule has 0 fully saturated rings. The van der Waals surface area contributed by atoms with Gasteiger partial charge in [-0.05, 0) is 11.6 Å². The van der Waals surface area contributed by atoms with Gasteiger partial charge in [0, 0.05) is 6.42 Å². The summed E-state index contributed by atoms with van der Waals surface area (Å²) in [7, 11) is 0. The van der Waals surface area contributed by atoms with Crippen LogP contribution < -0.4 is 40.0 Å². The third-order valence-corrected chi connectivity index (χ3v) is 2.16. The first-order valence-electron chi connectivity index (χ1n) is 4.94. The zero-order valence-corrected chi connectivity index (χ0v) is 12.1. The molecule has 0 saturated heterocycles. The molecule has 0 heterocycles. The molecular weight excluding hydrogens is 245 g/mol. The minimum atomic E-state index is -1.13. The summed E-state index contributed by atoms with van der Waals surface area (Å²) in [5.41, 5.74) is 0.668. The fourth-order valence-corrected chi connectivity index (χ4v) is 1.29. The molecule has 0 bridgehead atoms. The molecule has 0 radical (unpaired) electrons. The van der Waals surface area contributed by atoms with Gasteiger partial charge in [0.25, 0.3) is 0 Å². The molecule has 0 aliphatic rings. The van der Waals surface area contributed by atoms with E-state index in [9.17, 15) is 14.7 Å². The number of rotatable bonds is 5. The number of nitrogens with one attached hydrogen (secondary N) is 1. The van der Waals surface area contributed by atoms with Gasteiger partial charge in [0.05, 0.1) is 0 Å². The molecule has 2 N–H and O–H groups in total. The third-order valence-electron chi connectivity index (χ3n) is 2.16. The van der Waals surface area contributed by atoms with Crippen molar-refractivity contribution in [1.82, 2.24) is 5.32 Å². The number of carbonyl (C=O) groups is 2. The average molecular weight is 257 g/mol. The fraction of sp³-hybridized carbons (Fsp3) is 0.167. The van der Waals surface area contributed by atoms with Crippen LogP contribution in [-0.2, 0) is 16.0 Å². The van der Waals surface area contributed by atoms with E-state index in [0.717, 1.165) is 6.08 Å². The molecule has 0 aliphatic heterocycles. The first-order valence-corrected chi connectivity index (χ1v) is 4.94. The van der Waals surface area contributed by atoms with Crippen LogP contribution in [0.5, 0.6) is 5.75 Å². The monoisotopic (exact) mass is 257 g/mol. The standard InChI is InChI=1S/C12H13NO4.Na/c1-2-11(15)13-10(12(16)17)7-8-3-5-9(14)6-4-8;/h2-6,10,14H,1,7H2,(H,13,15)(H,16,17);/q;+1/p-1/t10-;/m0./s1. The van der Waals surface area contributed by atoms with Gasteiger partial charge < -0.3 is 15.5 Å². The van der Waals surface area contributed by atoms with Gasteiger partial charge in [-0.2, -0.15) is 0 Å². The number of carboxylic acids is 1. The summed E-state index contributed by atoms with van der Waals surface area (Å²) in [5, 5.41) is 22.1. The summed E-state index contributed by atoms with van der Waals surface area (Å²) in [6.45, 7) is 3.25. The first kappa shape index (κ1) is 16.7. The van der Waals surface area contributed by atoms with Gasteiger partial charge in [-0.25, -0.2) is 4.79 Å². The molecule has 1 atom stereocenters. The number of amides is 1. The van der Waals surface area contributed by atoms with Gasteiger partial charge >= 0.3 is 35.5 Å². The third kappa shape index (κ3) is 5.35. The Labute approximate surface area is 127 Å². The van der Waals surface area contributed by atoms with Crippen LogP contribution in [0.4, 0.5) is 0 Å². The van der Waals surface area contributed by atoms with Crippen molar-refractivity contribution in [1.29, 1.82) is 0 Å². The number of carboxylic acid groups (broad SMARTS) is 1. The van der Waals surface area contributed by atoms with Crippen molar-refractivity contribution in [3.63, 3.8) is 0 Å². The van der Waals surface area contributed by atoms with Crippen LogP contribution >= 0.6 is 0 Å². The topological polar surface area (TPSA) is 89.5 Å². The van der Waals surface area contributed by atoms with E-state index in [4.69, 9.17) is 5.11 Å². The minimum Gasteiger partial charge on any atom is -0.872 e. The van der Waals surface area contributed by atoms with E-state index in [1.165, 1.54) is 12.1 Å². The van der Waals surface area contributed by atoms with Crippen LogP contribution in [0.25, 0.3) is 0 Å². The molecule has 0 spiro atoms. The van der Waals surface area contributed by atoms with Crippen LogP contribution in [-0.4, -0.2) is 23.0 Å². The first-order chi connectivity index (χ1) is 8.02. The molecule has 0 saturated carbocycles. The molecule has 0 aromatic heterocycles. The fourth-order valence-electron chi connectivity index (χ4n) is 1.29. The molecule has 5 nitrogen and oxygen atoms in total. The Balaban J connectivity index is 0.00000289. The van der Waals surface area contributed by atoms with E-state index in [1.54, 1.807) is 12.1 Å². The van der Waals surface area contributed by atoms with Crippen LogP contribution in [0.3, 0.4) is 0 Å². The zero-order chi connectivity index (χ0) is 12.8. The van der Waals surface area contributed by atoms with Crippen LogP contribution in [0.2, 0.25) is 0 Å². The molecule has 1 aromatic rings. The van der Waals surface area contributed by atoms with Crippen molar-refractivity contribution in [3.05, 3.63) is 42.5 Å². The summed E-state index contributed by atoms with van der Waals surface area (Å²) in [6.07, 6.45) is 1.13. The number of hydrogen-bond acceptors (Lipinski definition) is 3.